The molecule has 0 aliphatic rings. The Labute approximate surface area is 217 Å². The fourth-order valence-electron chi connectivity index (χ4n) is 3.86. The first kappa shape index (κ1) is 25.5. The van der Waals surface area contributed by atoms with Crippen LogP contribution in [-0.2, 0) is 0 Å². The Morgan fingerprint density at radius 1 is 0.622 bits per heavy atom. The van der Waals surface area contributed by atoms with Crippen LogP contribution in [0.5, 0.6) is 0 Å². The number of hydrogen-bond acceptors (Lipinski definition) is 3. The molecule has 7 rings (SSSR count). The second-order valence-electron chi connectivity index (χ2n) is 8.80. The van der Waals surface area contributed by atoms with Gasteiger partial charge in [-0.25, -0.2) is 0 Å². The largest absolute Gasteiger partial charge is 0.361 e. The number of fused-ring (bicyclic) bond motifs is 3. The predicted octanol–water partition coefficient (Wildman–Crippen LogP) is 8.48. The summed E-state index contributed by atoms with van der Waals surface area (Å²) in [5.41, 5.74) is 7.85. The second-order valence-corrected chi connectivity index (χ2v) is 8.80. The number of aromatic nitrogens is 4. The molecule has 0 saturated heterocycles. The normalized spacial score (nSPS) is 10.2. The van der Waals surface area contributed by atoms with Crippen LogP contribution in [0.3, 0.4) is 0 Å². The third-order valence-corrected chi connectivity index (χ3v) is 5.95. The van der Waals surface area contributed by atoms with Crippen LogP contribution in [0.4, 0.5) is 0 Å². The van der Waals surface area contributed by atoms with Crippen molar-refractivity contribution in [2.45, 2.75) is 27.7 Å². The molecule has 3 heterocycles. The van der Waals surface area contributed by atoms with E-state index in [0.717, 1.165) is 27.9 Å². The summed E-state index contributed by atoms with van der Waals surface area (Å²) in [7, 11) is 0. The quantitative estimate of drug-likeness (QED) is 0.225. The Balaban J connectivity index is 0.000000116. The number of aryl methyl sites for hydroxylation is 4. The first-order valence-electron chi connectivity index (χ1n) is 12.3. The summed E-state index contributed by atoms with van der Waals surface area (Å²) in [4.78, 5) is 3.19. The first-order valence-corrected chi connectivity index (χ1v) is 12.3. The van der Waals surface area contributed by atoms with E-state index < -0.39 is 0 Å². The molecular formula is C32H32N4O. The van der Waals surface area contributed by atoms with Crippen LogP contribution in [0, 0.1) is 27.7 Å². The van der Waals surface area contributed by atoms with Gasteiger partial charge in [0.2, 0.25) is 0 Å². The van der Waals surface area contributed by atoms with Gasteiger partial charge in [0.1, 0.15) is 0 Å². The van der Waals surface area contributed by atoms with Gasteiger partial charge >= 0.3 is 0 Å². The summed E-state index contributed by atoms with van der Waals surface area (Å²) in [6.45, 7) is 8.15. The molecule has 0 atom stereocenters. The monoisotopic (exact) mass is 488 g/mol. The van der Waals surface area contributed by atoms with Crippen LogP contribution in [-0.4, -0.2) is 20.3 Å². The average Bonchev–Trinajstić information content (AvgIpc) is 3.63. The zero-order valence-electron chi connectivity index (χ0n) is 21.7. The topological polar surface area (TPSA) is 70.5 Å². The highest BCUT2D eigenvalue weighted by molar-refractivity contribution is 5.82. The number of hydrogen-bond donors (Lipinski definition) is 2. The smallest absolute Gasteiger partial charge is 0.167 e. The van der Waals surface area contributed by atoms with Gasteiger partial charge in [-0.3, -0.25) is 5.10 Å². The molecule has 37 heavy (non-hydrogen) atoms. The van der Waals surface area contributed by atoms with Crippen molar-refractivity contribution < 1.29 is 4.52 Å². The van der Waals surface area contributed by atoms with Crippen LogP contribution in [0.2, 0.25) is 0 Å². The highest BCUT2D eigenvalue weighted by Gasteiger charge is 1.99. The van der Waals surface area contributed by atoms with E-state index >= 15 is 0 Å². The lowest BCUT2D eigenvalue weighted by molar-refractivity contribution is 0.450. The van der Waals surface area contributed by atoms with E-state index in [1.807, 2.05) is 86.8 Å². The van der Waals surface area contributed by atoms with Gasteiger partial charge in [0.15, 0.2) is 5.58 Å². The maximum absolute atomic E-state index is 5.00. The predicted molar refractivity (Wildman–Crippen MR) is 154 cm³/mol. The number of H-pyrrole nitrogens is 2. The molecule has 0 amide bonds. The van der Waals surface area contributed by atoms with Gasteiger partial charge in [-0.1, -0.05) is 89.6 Å². The fraction of sp³-hybridized carbons (Fsp3) is 0.125. The SMILES string of the molecule is Cc1[nH]nc2ccccc12.Cc1c[nH]c2ccccc12.Cc1ccccc1.Cc1noc2ccccc12. The number of nitrogens with one attached hydrogen (secondary N) is 2. The molecule has 186 valence electrons. The summed E-state index contributed by atoms with van der Waals surface area (Å²) in [6.07, 6.45) is 2.03. The van der Waals surface area contributed by atoms with E-state index in [2.05, 4.69) is 70.6 Å². The van der Waals surface area contributed by atoms with E-state index in [1.165, 1.54) is 27.4 Å². The molecule has 0 fully saturated rings. The standard InChI is InChI=1S/C9H9N.C8H8N2.C8H7NO.C7H8/c1-7-6-10-9-5-3-2-4-8(7)9;2*1-6-7-4-2-3-5-8(7)10-9-6;1-7-5-3-2-4-6-7/h2-6,10H,1H3;2-5H,1H3,(H,9,10);2-5H,1H3;2-6H,1H3. The van der Waals surface area contributed by atoms with Crippen molar-refractivity contribution >= 4 is 32.8 Å². The molecule has 4 aromatic carbocycles. The number of benzene rings is 4. The fourth-order valence-corrected chi connectivity index (χ4v) is 3.86. The minimum atomic E-state index is 0.861. The number of nitrogens with zero attached hydrogens (tertiary/aromatic N) is 2. The molecule has 0 spiro atoms. The summed E-state index contributed by atoms with van der Waals surface area (Å²) in [5, 5.41) is 14.5. The van der Waals surface area contributed by atoms with Crippen molar-refractivity contribution in [3.05, 3.63) is 132 Å². The zero-order valence-corrected chi connectivity index (χ0v) is 21.7. The maximum atomic E-state index is 5.00. The first-order chi connectivity index (χ1) is 18.0. The van der Waals surface area contributed by atoms with Crippen molar-refractivity contribution in [1.82, 2.24) is 20.3 Å². The molecule has 2 N–H and O–H groups in total. The van der Waals surface area contributed by atoms with Gasteiger partial charge in [0.25, 0.3) is 0 Å². The maximum Gasteiger partial charge on any atom is 0.167 e. The third-order valence-electron chi connectivity index (χ3n) is 5.95. The van der Waals surface area contributed by atoms with Crippen molar-refractivity contribution in [3.63, 3.8) is 0 Å². The lowest BCUT2D eigenvalue weighted by atomic mass is 10.2. The van der Waals surface area contributed by atoms with Crippen LogP contribution in [0.25, 0.3) is 32.8 Å². The molecule has 5 heteroatoms. The minimum absolute atomic E-state index is 0.861. The molecule has 0 aliphatic carbocycles. The Bertz CT molecular complexity index is 1500. The van der Waals surface area contributed by atoms with Crippen LogP contribution in [0.1, 0.15) is 22.5 Å². The molecule has 0 saturated carbocycles. The van der Waals surface area contributed by atoms with Gasteiger partial charge in [-0.2, -0.15) is 5.10 Å². The molecule has 0 aliphatic heterocycles. The van der Waals surface area contributed by atoms with Gasteiger partial charge < -0.3 is 9.51 Å². The molecule has 0 bridgehead atoms. The van der Waals surface area contributed by atoms with E-state index in [1.54, 1.807) is 0 Å². The second kappa shape index (κ2) is 12.4. The van der Waals surface area contributed by atoms with Crippen molar-refractivity contribution in [2.24, 2.45) is 0 Å². The number of aromatic amines is 2. The Morgan fingerprint density at radius 3 is 1.89 bits per heavy atom. The average molecular weight is 489 g/mol. The van der Waals surface area contributed by atoms with Crippen LogP contribution >= 0.6 is 0 Å². The third kappa shape index (κ3) is 6.73. The highest BCUT2D eigenvalue weighted by atomic mass is 16.5. The van der Waals surface area contributed by atoms with Crippen molar-refractivity contribution in [3.8, 4) is 0 Å². The highest BCUT2D eigenvalue weighted by Crippen LogP contribution is 2.16. The van der Waals surface area contributed by atoms with Crippen molar-refractivity contribution in [2.75, 3.05) is 0 Å². The van der Waals surface area contributed by atoms with E-state index in [9.17, 15) is 0 Å². The van der Waals surface area contributed by atoms with E-state index in [0.29, 0.717) is 0 Å². The lowest BCUT2D eigenvalue weighted by Crippen LogP contribution is -1.67. The molecule has 5 nitrogen and oxygen atoms in total. The number of rotatable bonds is 0. The summed E-state index contributed by atoms with van der Waals surface area (Å²) in [5.74, 6) is 0. The van der Waals surface area contributed by atoms with E-state index in [4.69, 9.17) is 4.52 Å². The Hall–Kier alpha value is -4.64. The lowest BCUT2D eigenvalue weighted by Gasteiger charge is -1.86. The molecule has 7 aromatic rings. The summed E-state index contributed by atoms with van der Waals surface area (Å²) in [6, 6.07) is 34.5. The Morgan fingerprint density at radius 2 is 1.24 bits per heavy atom. The van der Waals surface area contributed by atoms with Gasteiger partial charge in [0, 0.05) is 33.6 Å². The van der Waals surface area contributed by atoms with Crippen molar-refractivity contribution in [1.29, 1.82) is 0 Å². The van der Waals surface area contributed by atoms with Gasteiger partial charge in [0.05, 0.1) is 11.2 Å². The van der Waals surface area contributed by atoms with Crippen LogP contribution in [0.15, 0.2) is 114 Å². The van der Waals surface area contributed by atoms with Gasteiger partial charge in [-0.05, 0) is 57.5 Å². The minimum Gasteiger partial charge on any atom is -0.361 e. The Kier molecular flexibility index (Phi) is 8.50. The summed E-state index contributed by atoms with van der Waals surface area (Å²) < 4.78 is 5.00. The summed E-state index contributed by atoms with van der Waals surface area (Å²) >= 11 is 0. The molecule has 0 unspecified atom stereocenters. The molecular weight excluding hydrogens is 456 g/mol. The van der Waals surface area contributed by atoms with Gasteiger partial charge in [-0.15, -0.1) is 0 Å². The number of para-hydroxylation sites is 3. The zero-order chi connectivity index (χ0) is 26.0. The molecule has 0 radical (unpaired) electrons. The molecule has 3 aromatic heterocycles. The van der Waals surface area contributed by atoms with Crippen LogP contribution < -0.4 is 0 Å². The van der Waals surface area contributed by atoms with E-state index in [-0.39, 0.29) is 0 Å².